The first kappa shape index (κ1) is 24.7. The van der Waals surface area contributed by atoms with Crippen molar-refractivity contribution in [2.45, 2.75) is 24.0 Å². The molecule has 0 aliphatic carbocycles. The number of amides is 1. The van der Waals surface area contributed by atoms with Crippen LogP contribution < -0.4 is 5.32 Å². The Hall–Kier alpha value is -3.37. The van der Waals surface area contributed by atoms with Crippen molar-refractivity contribution in [1.82, 2.24) is 9.78 Å². The van der Waals surface area contributed by atoms with E-state index in [1.54, 1.807) is 30.3 Å². The Balaban J connectivity index is 1.67. The van der Waals surface area contributed by atoms with Crippen LogP contribution in [0.25, 0.3) is 10.9 Å². The quantitative estimate of drug-likeness (QED) is 0.371. The summed E-state index contributed by atoms with van der Waals surface area (Å²) in [7, 11) is -3.69. The van der Waals surface area contributed by atoms with E-state index in [1.807, 2.05) is 0 Å². The van der Waals surface area contributed by atoms with Gasteiger partial charge in [-0.3, -0.25) is 9.48 Å². The highest BCUT2D eigenvalue weighted by molar-refractivity contribution is 7.91. The molecule has 0 aliphatic heterocycles. The molecule has 1 aromatic heterocycles. The summed E-state index contributed by atoms with van der Waals surface area (Å²) in [4.78, 5) is 12.6. The number of alkyl halides is 3. The van der Waals surface area contributed by atoms with Gasteiger partial charge in [0.05, 0.1) is 35.1 Å². The van der Waals surface area contributed by atoms with E-state index in [2.05, 4.69) is 10.4 Å². The van der Waals surface area contributed by atoms with Crippen molar-refractivity contribution in [3.05, 3.63) is 88.6 Å². The first-order chi connectivity index (χ1) is 16.4. The van der Waals surface area contributed by atoms with Gasteiger partial charge in [0.1, 0.15) is 0 Å². The molecule has 3 aromatic carbocycles. The molecule has 0 saturated heterocycles. The number of hydrogen-bond acceptors (Lipinski definition) is 4. The van der Waals surface area contributed by atoms with Gasteiger partial charge in [0.15, 0.2) is 9.84 Å². The van der Waals surface area contributed by atoms with E-state index in [0.29, 0.717) is 27.1 Å². The van der Waals surface area contributed by atoms with E-state index >= 15 is 0 Å². The molecule has 0 aliphatic rings. The molecule has 0 saturated carbocycles. The predicted octanol–water partition coefficient (Wildman–Crippen LogP) is 5.34. The number of nitrogens with one attached hydrogen (secondary N) is 1. The average Bonchev–Trinajstić information content (AvgIpc) is 3.16. The number of carbonyl (C=O) groups excluding carboxylic acids is 1. The van der Waals surface area contributed by atoms with E-state index in [0.717, 1.165) is 18.4 Å². The minimum absolute atomic E-state index is 0.0171. The van der Waals surface area contributed by atoms with Gasteiger partial charge in [-0.15, -0.1) is 0 Å². The van der Waals surface area contributed by atoms with Crippen LogP contribution in [-0.4, -0.2) is 30.4 Å². The Morgan fingerprint density at radius 2 is 1.77 bits per heavy atom. The highest BCUT2D eigenvalue weighted by Crippen LogP contribution is 2.31. The number of carbonyl (C=O) groups is 1. The molecule has 182 valence electrons. The molecular formula is C24H19ClF3N3O3S. The second kappa shape index (κ2) is 9.35. The number of fused-ring (bicyclic) bond motifs is 1. The second-order valence-corrected chi connectivity index (χ2v) is 10.4. The molecule has 11 heteroatoms. The van der Waals surface area contributed by atoms with Crippen LogP contribution in [0, 0.1) is 0 Å². The maximum atomic E-state index is 12.9. The highest BCUT2D eigenvalue weighted by atomic mass is 35.5. The summed E-state index contributed by atoms with van der Waals surface area (Å²) in [6.07, 6.45) is -2.04. The molecule has 0 radical (unpaired) electrons. The van der Waals surface area contributed by atoms with Crippen LogP contribution >= 0.6 is 11.6 Å². The number of halogens is 4. The lowest BCUT2D eigenvalue weighted by atomic mass is 10.1. The molecule has 35 heavy (non-hydrogen) atoms. The minimum Gasteiger partial charge on any atom is -0.326 e. The van der Waals surface area contributed by atoms with Crippen LogP contribution in [0.15, 0.2) is 71.8 Å². The summed E-state index contributed by atoms with van der Waals surface area (Å²) < 4.78 is 64.9. The highest BCUT2D eigenvalue weighted by Gasteiger charge is 2.30. The average molecular weight is 522 g/mol. The molecule has 4 rings (SSSR count). The number of rotatable bonds is 6. The molecule has 1 heterocycles. The zero-order valence-electron chi connectivity index (χ0n) is 18.3. The van der Waals surface area contributed by atoms with Gasteiger partial charge in [-0.1, -0.05) is 41.9 Å². The van der Waals surface area contributed by atoms with Gasteiger partial charge in [0, 0.05) is 22.4 Å². The fraction of sp³-hybridized carbons (Fsp3) is 0.167. The summed E-state index contributed by atoms with van der Waals surface area (Å²) in [5.41, 5.74) is 1.03. The first-order valence-electron chi connectivity index (χ1n) is 10.3. The molecular weight excluding hydrogens is 503 g/mol. The molecule has 6 nitrogen and oxygen atoms in total. The molecule has 0 atom stereocenters. The number of aromatic nitrogens is 2. The zero-order valence-corrected chi connectivity index (χ0v) is 19.9. The van der Waals surface area contributed by atoms with Crippen molar-refractivity contribution in [3.63, 3.8) is 0 Å². The van der Waals surface area contributed by atoms with Crippen LogP contribution in [-0.2, 0) is 33.8 Å². The summed E-state index contributed by atoms with van der Waals surface area (Å²) in [5.74, 6) is -0.397. The molecule has 1 amide bonds. The lowest BCUT2D eigenvalue weighted by Crippen LogP contribution is -2.15. The standard InChI is InChI=1S/C24H19ClF3N3O3S/c1-35(33,34)22-12-18(30-23(32)10-16-4-2-3-5-20(16)25)11-21-19(22)13-29-31(21)14-15-6-8-17(9-7-15)24(26,27)28/h2-9,11-13H,10,14H2,1H3,(H,30,32). The van der Waals surface area contributed by atoms with Gasteiger partial charge in [-0.2, -0.15) is 18.3 Å². The van der Waals surface area contributed by atoms with Crippen LogP contribution in [0.5, 0.6) is 0 Å². The van der Waals surface area contributed by atoms with Crippen molar-refractivity contribution in [1.29, 1.82) is 0 Å². The lowest BCUT2D eigenvalue weighted by molar-refractivity contribution is -0.137. The summed E-state index contributed by atoms with van der Waals surface area (Å²) in [6, 6.07) is 14.4. The Labute approximate surface area is 204 Å². The van der Waals surface area contributed by atoms with Gasteiger partial charge in [0.2, 0.25) is 5.91 Å². The van der Waals surface area contributed by atoms with Crippen LogP contribution in [0.4, 0.5) is 18.9 Å². The van der Waals surface area contributed by atoms with Crippen molar-refractivity contribution >= 4 is 43.9 Å². The summed E-state index contributed by atoms with van der Waals surface area (Å²) >= 11 is 6.12. The Kier molecular flexibility index (Phi) is 6.61. The summed E-state index contributed by atoms with van der Waals surface area (Å²) in [6.45, 7) is 0.0991. The third-order valence-corrected chi connectivity index (χ3v) is 6.84. The third-order valence-electron chi connectivity index (χ3n) is 5.33. The van der Waals surface area contributed by atoms with Gasteiger partial charge < -0.3 is 5.32 Å². The topological polar surface area (TPSA) is 81.1 Å². The van der Waals surface area contributed by atoms with Gasteiger partial charge in [-0.25, -0.2) is 8.42 Å². The monoisotopic (exact) mass is 521 g/mol. The fourth-order valence-corrected chi connectivity index (χ4v) is 4.74. The SMILES string of the molecule is CS(=O)(=O)c1cc(NC(=O)Cc2ccccc2Cl)cc2c1cnn2Cc1ccc(C(F)(F)F)cc1. The Morgan fingerprint density at radius 1 is 1.09 bits per heavy atom. The second-order valence-electron chi connectivity index (χ2n) is 7.99. The van der Waals surface area contributed by atoms with E-state index in [1.165, 1.54) is 29.1 Å². The van der Waals surface area contributed by atoms with E-state index in [9.17, 15) is 26.4 Å². The molecule has 0 fully saturated rings. The van der Waals surface area contributed by atoms with E-state index in [-0.39, 0.29) is 23.5 Å². The molecule has 4 aromatic rings. The van der Waals surface area contributed by atoms with Crippen molar-refractivity contribution in [2.24, 2.45) is 0 Å². The number of benzene rings is 3. The zero-order chi connectivity index (χ0) is 25.4. The van der Waals surface area contributed by atoms with Gasteiger partial charge in [-0.05, 0) is 41.5 Å². The van der Waals surface area contributed by atoms with Crippen molar-refractivity contribution in [2.75, 3.05) is 11.6 Å². The lowest BCUT2D eigenvalue weighted by Gasteiger charge is -2.11. The largest absolute Gasteiger partial charge is 0.416 e. The normalized spacial score (nSPS) is 12.1. The first-order valence-corrected chi connectivity index (χ1v) is 12.6. The van der Waals surface area contributed by atoms with Crippen LogP contribution in [0.2, 0.25) is 5.02 Å². The van der Waals surface area contributed by atoms with Gasteiger partial charge >= 0.3 is 6.18 Å². The van der Waals surface area contributed by atoms with Crippen molar-refractivity contribution in [3.8, 4) is 0 Å². The predicted molar refractivity (Wildman–Crippen MR) is 127 cm³/mol. The molecule has 0 unspecified atom stereocenters. The van der Waals surface area contributed by atoms with E-state index in [4.69, 9.17) is 11.6 Å². The van der Waals surface area contributed by atoms with Gasteiger partial charge in [0.25, 0.3) is 0 Å². The minimum atomic E-state index is -4.45. The molecule has 0 bridgehead atoms. The Bertz CT molecular complexity index is 1510. The van der Waals surface area contributed by atoms with E-state index < -0.39 is 27.5 Å². The third kappa shape index (κ3) is 5.66. The maximum absolute atomic E-state index is 12.9. The number of sulfone groups is 1. The Morgan fingerprint density at radius 3 is 2.40 bits per heavy atom. The van der Waals surface area contributed by atoms with Crippen LogP contribution in [0.3, 0.4) is 0 Å². The van der Waals surface area contributed by atoms with Crippen LogP contribution in [0.1, 0.15) is 16.7 Å². The molecule has 0 spiro atoms. The number of anilines is 1. The molecule has 1 N–H and O–H groups in total. The summed E-state index contributed by atoms with van der Waals surface area (Å²) in [5, 5.41) is 7.71. The maximum Gasteiger partial charge on any atom is 0.416 e. The number of hydrogen-bond donors (Lipinski definition) is 1. The van der Waals surface area contributed by atoms with Crippen molar-refractivity contribution < 1.29 is 26.4 Å². The smallest absolute Gasteiger partial charge is 0.326 e. The number of nitrogens with zero attached hydrogens (tertiary/aromatic N) is 2. The fourth-order valence-electron chi connectivity index (χ4n) is 3.64.